The Kier molecular flexibility index (Phi) is 5.02. The van der Waals surface area contributed by atoms with E-state index < -0.39 is 0 Å². The van der Waals surface area contributed by atoms with E-state index in [9.17, 15) is 9.18 Å². The summed E-state index contributed by atoms with van der Waals surface area (Å²) < 4.78 is 18.0. The molecular formula is C29H24FN3O. The van der Waals surface area contributed by atoms with Crippen molar-refractivity contribution in [2.24, 2.45) is 0 Å². The van der Waals surface area contributed by atoms with Crippen LogP contribution >= 0.6 is 0 Å². The summed E-state index contributed by atoms with van der Waals surface area (Å²) in [7, 11) is 0. The van der Waals surface area contributed by atoms with E-state index in [0.29, 0.717) is 5.69 Å². The smallest absolute Gasteiger partial charge is 0.273 e. The number of carbonyl (C=O) groups excluding carboxylic acids is 1. The zero-order valence-electron chi connectivity index (χ0n) is 18.7. The number of carbonyl (C=O) groups is 1. The highest BCUT2D eigenvalue weighted by molar-refractivity contribution is 6.10. The number of para-hydroxylation sites is 1. The van der Waals surface area contributed by atoms with Crippen LogP contribution in [0.4, 0.5) is 10.1 Å². The Bertz CT molecular complexity index is 1480. The lowest BCUT2D eigenvalue weighted by Crippen LogP contribution is -2.15. The lowest BCUT2D eigenvalue weighted by atomic mass is 9.98. The summed E-state index contributed by atoms with van der Waals surface area (Å²) in [6.07, 6.45) is 5.03. The highest BCUT2D eigenvalue weighted by atomic mass is 19.1. The maximum absolute atomic E-state index is 13.8. The fourth-order valence-electron chi connectivity index (χ4n) is 5.09. The Morgan fingerprint density at radius 2 is 1.53 bits per heavy atom. The molecule has 1 aliphatic rings. The maximum Gasteiger partial charge on any atom is 0.273 e. The Morgan fingerprint density at radius 1 is 0.824 bits per heavy atom. The van der Waals surface area contributed by atoms with Crippen LogP contribution in [-0.4, -0.2) is 14.9 Å². The van der Waals surface area contributed by atoms with Crippen LogP contribution in [0.2, 0.25) is 0 Å². The third-order valence-corrected chi connectivity index (χ3v) is 6.58. The molecular weight excluding hydrogens is 425 g/mol. The van der Waals surface area contributed by atoms with Gasteiger partial charge in [-0.3, -0.25) is 9.20 Å². The summed E-state index contributed by atoms with van der Waals surface area (Å²) in [4.78, 5) is 13.8. The number of amides is 1. The summed E-state index contributed by atoms with van der Waals surface area (Å²) in [5, 5.41) is 3.09. The van der Waals surface area contributed by atoms with Crippen molar-refractivity contribution in [2.75, 3.05) is 5.32 Å². The van der Waals surface area contributed by atoms with Crippen molar-refractivity contribution >= 4 is 17.2 Å². The van der Waals surface area contributed by atoms with Crippen LogP contribution in [-0.2, 0) is 13.0 Å². The predicted octanol–water partition coefficient (Wildman–Crippen LogP) is 6.80. The van der Waals surface area contributed by atoms with Gasteiger partial charge in [-0.1, -0.05) is 48.5 Å². The summed E-state index contributed by atoms with van der Waals surface area (Å²) >= 11 is 0. The molecule has 0 radical (unpaired) electrons. The molecule has 1 aliphatic heterocycles. The molecule has 2 aromatic heterocycles. The van der Waals surface area contributed by atoms with E-state index in [0.717, 1.165) is 59.5 Å². The van der Waals surface area contributed by atoms with E-state index >= 15 is 0 Å². The standard InChI is InChI=1S/C29H24FN3O/c30-22-16-14-20(15-17-22)25-19-33-27(28(34)31-23-11-5-2-6-12-23)26(21-9-3-1-4-10-21)24-13-7-8-18-32(25)29(24)33/h1-6,9-12,14-17,19H,7-8,13,18H2,(H,31,34). The molecule has 6 rings (SSSR count). The highest BCUT2D eigenvalue weighted by Gasteiger charge is 2.29. The normalized spacial score (nSPS) is 13.1. The number of benzene rings is 3. The van der Waals surface area contributed by atoms with Crippen molar-refractivity contribution in [3.8, 4) is 22.4 Å². The topological polar surface area (TPSA) is 38.4 Å². The summed E-state index contributed by atoms with van der Waals surface area (Å²) in [6, 6.07) is 26.3. The number of nitrogens with one attached hydrogen (secondary N) is 1. The molecule has 168 valence electrons. The summed E-state index contributed by atoms with van der Waals surface area (Å²) in [5.74, 6) is -0.400. The minimum absolute atomic E-state index is 0.144. The Labute approximate surface area is 197 Å². The van der Waals surface area contributed by atoms with Gasteiger partial charge in [0, 0.05) is 29.6 Å². The van der Waals surface area contributed by atoms with E-state index in [1.54, 1.807) is 12.1 Å². The van der Waals surface area contributed by atoms with Crippen molar-refractivity contribution < 1.29 is 9.18 Å². The SMILES string of the molecule is O=C(Nc1ccccc1)c1c(-c2ccccc2)c2c3n(c(-c4ccc(F)cc4)cn13)CCCC2. The number of rotatable bonds is 4. The first-order valence-corrected chi connectivity index (χ1v) is 11.6. The van der Waals surface area contributed by atoms with Gasteiger partial charge < -0.3 is 9.88 Å². The van der Waals surface area contributed by atoms with E-state index in [1.165, 1.54) is 17.7 Å². The number of nitrogens with zero attached hydrogens (tertiary/aromatic N) is 2. The Balaban J connectivity index is 1.62. The second-order valence-corrected chi connectivity index (χ2v) is 8.71. The largest absolute Gasteiger partial charge is 0.325 e. The third kappa shape index (κ3) is 3.41. The zero-order chi connectivity index (χ0) is 23.1. The van der Waals surface area contributed by atoms with Gasteiger partial charge in [0.25, 0.3) is 5.91 Å². The van der Waals surface area contributed by atoms with Gasteiger partial charge in [0.2, 0.25) is 0 Å². The van der Waals surface area contributed by atoms with Crippen molar-refractivity contribution in [3.05, 3.63) is 108 Å². The molecule has 0 fully saturated rings. The number of hydrogen-bond donors (Lipinski definition) is 1. The number of halogens is 1. The first-order valence-electron chi connectivity index (χ1n) is 11.6. The first-order chi connectivity index (χ1) is 16.7. The molecule has 5 aromatic rings. The van der Waals surface area contributed by atoms with Gasteiger partial charge in [-0.15, -0.1) is 0 Å². The maximum atomic E-state index is 13.8. The molecule has 0 atom stereocenters. The Hall–Kier alpha value is -4.12. The minimum atomic E-state index is -0.257. The van der Waals surface area contributed by atoms with Gasteiger partial charge in [0.15, 0.2) is 0 Å². The molecule has 0 spiro atoms. The van der Waals surface area contributed by atoms with Crippen LogP contribution in [0.1, 0.15) is 28.9 Å². The number of imidazole rings is 1. The number of aromatic nitrogens is 2. The number of hydrogen-bond acceptors (Lipinski definition) is 1. The van der Waals surface area contributed by atoms with Gasteiger partial charge in [-0.2, -0.15) is 0 Å². The molecule has 34 heavy (non-hydrogen) atoms. The van der Waals surface area contributed by atoms with Crippen LogP contribution in [0.25, 0.3) is 28.0 Å². The molecule has 3 heterocycles. The zero-order valence-corrected chi connectivity index (χ0v) is 18.7. The molecule has 5 heteroatoms. The summed E-state index contributed by atoms with van der Waals surface area (Å²) in [5.41, 5.74) is 7.59. The summed E-state index contributed by atoms with van der Waals surface area (Å²) in [6.45, 7) is 0.855. The predicted molar refractivity (Wildman–Crippen MR) is 134 cm³/mol. The van der Waals surface area contributed by atoms with Gasteiger partial charge in [0.1, 0.15) is 17.2 Å². The highest BCUT2D eigenvalue weighted by Crippen LogP contribution is 2.39. The molecule has 1 amide bonds. The molecule has 3 aromatic carbocycles. The first kappa shape index (κ1) is 20.5. The average Bonchev–Trinajstić information content (AvgIpc) is 3.28. The van der Waals surface area contributed by atoms with Crippen LogP contribution < -0.4 is 5.32 Å². The van der Waals surface area contributed by atoms with Crippen molar-refractivity contribution in [2.45, 2.75) is 25.8 Å². The van der Waals surface area contributed by atoms with Crippen molar-refractivity contribution in [1.29, 1.82) is 0 Å². The monoisotopic (exact) mass is 449 g/mol. The van der Waals surface area contributed by atoms with Crippen molar-refractivity contribution in [1.82, 2.24) is 8.97 Å². The van der Waals surface area contributed by atoms with E-state index in [4.69, 9.17) is 0 Å². The van der Waals surface area contributed by atoms with Crippen molar-refractivity contribution in [3.63, 3.8) is 0 Å². The van der Waals surface area contributed by atoms with Gasteiger partial charge in [-0.05, 0) is 66.8 Å². The average molecular weight is 450 g/mol. The van der Waals surface area contributed by atoms with Gasteiger partial charge >= 0.3 is 0 Å². The van der Waals surface area contributed by atoms with E-state index in [1.807, 2.05) is 59.1 Å². The molecule has 0 saturated heterocycles. The fraction of sp³-hybridized carbons (Fsp3) is 0.138. The lowest BCUT2D eigenvalue weighted by Gasteiger charge is -2.10. The van der Waals surface area contributed by atoms with Crippen LogP contribution in [0.3, 0.4) is 0 Å². The second-order valence-electron chi connectivity index (χ2n) is 8.71. The minimum Gasteiger partial charge on any atom is -0.325 e. The lowest BCUT2D eigenvalue weighted by molar-refractivity contribution is 0.102. The number of aryl methyl sites for hydroxylation is 2. The van der Waals surface area contributed by atoms with E-state index in [2.05, 4.69) is 22.0 Å². The molecule has 1 N–H and O–H groups in total. The van der Waals surface area contributed by atoms with E-state index in [-0.39, 0.29) is 11.7 Å². The Morgan fingerprint density at radius 3 is 2.26 bits per heavy atom. The fourth-order valence-corrected chi connectivity index (χ4v) is 5.09. The molecule has 0 saturated carbocycles. The number of anilines is 1. The molecule has 0 unspecified atom stereocenters. The van der Waals surface area contributed by atoms with Gasteiger partial charge in [0.05, 0.1) is 5.69 Å². The quantitative estimate of drug-likeness (QED) is 0.322. The molecule has 4 nitrogen and oxygen atoms in total. The van der Waals surface area contributed by atoms with Crippen LogP contribution in [0.15, 0.2) is 91.1 Å². The van der Waals surface area contributed by atoms with Gasteiger partial charge in [-0.25, -0.2) is 4.39 Å². The molecule has 0 aliphatic carbocycles. The second kappa shape index (κ2) is 8.34. The van der Waals surface area contributed by atoms with Crippen LogP contribution in [0, 0.1) is 5.82 Å². The van der Waals surface area contributed by atoms with Crippen LogP contribution in [0.5, 0.6) is 0 Å². The third-order valence-electron chi connectivity index (χ3n) is 6.58. The molecule has 0 bridgehead atoms.